The normalized spacial score (nSPS) is 26.3. The molecule has 1 unspecified atom stereocenters. The number of aliphatic imine (C=N–C) groups is 1. The lowest BCUT2D eigenvalue weighted by Gasteiger charge is -2.14. The van der Waals surface area contributed by atoms with Gasteiger partial charge >= 0.3 is 0 Å². The third kappa shape index (κ3) is 2.04. The van der Waals surface area contributed by atoms with Gasteiger partial charge in [-0.25, -0.2) is 0 Å². The molecule has 2 rings (SSSR count). The van der Waals surface area contributed by atoms with Crippen molar-refractivity contribution in [1.29, 1.82) is 0 Å². The molecule has 1 heterocycles. The molecule has 0 radical (unpaired) electrons. The number of hydrogen-bond donors (Lipinski definition) is 0. The molecule has 1 aromatic carbocycles. The van der Waals surface area contributed by atoms with Crippen LogP contribution in [0.2, 0.25) is 0 Å². The van der Waals surface area contributed by atoms with Gasteiger partial charge in [-0.1, -0.05) is 46.3 Å². The molecule has 0 aromatic heterocycles. The highest BCUT2D eigenvalue weighted by atomic mass is 79.9. The van der Waals surface area contributed by atoms with E-state index in [2.05, 4.69) is 47.1 Å². The van der Waals surface area contributed by atoms with Gasteiger partial charge in [0.15, 0.2) is 0 Å². The minimum Gasteiger partial charge on any atom is -0.270 e. The minimum absolute atomic E-state index is 0.0792. The Morgan fingerprint density at radius 2 is 2.14 bits per heavy atom. The second kappa shape index (κ2) is 4.07. The molecule has 1 aliphatic heterocycles. The molecular weight excluding hydrogens is 258 g/mol. The van der Waals surface area contributed by atoms with Gasteiger partial charge in [-0.3, -0.25) is 4.99 Å². The molecule has 0 bridgehead atoms. The van der Waals surface area contributed by atoms with Crippen LogP contribution in [0.25, 0.3) is 0 Å². The van der Waals surface area contributed by atoms with Gasteiger partial charge in [0.25, 0.3) is 0 Å². The fourth-order valence-electron chi connectivity index (χ4n) is 1.33. The van der Waals surface area contributed by atoms with E-state index in [1.54, 1.807) is 0 Å². The molecule has 0 fully saturated rings. The van der Waals surface area contributed by atoms with Crippen LogP contribution in [0.1, 0.15) is 12.5 Å². The molecule has 0 aliphatic carbocycles. The van der Waals surface area contributed by atoms with E-state index in [9.17, 15) is 0 Å². The molecule has 74 valence electrons. The number of thioether (sulfide) groups is 1. The highest BCUT2D eigenvalue weighted by Crippen LogP contribution is 2.31. The van der Waals surface area contributed by atoms with E-state index < -0.39 is 0 Å². The van der Waals surface area contributed by atoms with Gasteiger partial charge in [0, 0.05) is 16.6 Å². The van der Waals surface area contributed by atoms with Crippen LogP contribution in [0.4, 0.5) is 0 Å². The van der Waals surface area contributed by atoms with Gasteiger partial charge in [-0.15, -0.1) is 11.8 Å². The summed E-state index contributed by atoms with van der Waals surface area (Å²) in [6.07, 6.45) is 0. The summed E-state index contributed by atoms with van der Waals surface area (Å²) in [5.41, 5.74) is 1.32. The van der Waals surface area contributed by atoms with E-state index in [1.165, 1.54) is 10.6 Å². The first-order valence-electron chi connectivity index (χ1n) is 4.58. The molecule has 1 aliphatic rings. The maximum absolute atomic E-state index is 4.74. The zero-order valence-electron chi connectivity index (χ0n) is 8.03. The Labute approximate surface area is 97.1 Å². The number of alkyl halides is 1. The van der Waals surface area contributed by atoms with Crippen LogP contribution in [0, 0.1) is 0 Å². The summed E-state index contributed by atoms with van der Waals surface area (Å²) in [5.74, 6) is 1.07. The number of benzene rings is 1. The Hall–Kier alpha value is -0.280. The second-order valence-corrected chi connectivity index (χ2v) is 5.23. The summed E-state index contributed by atoms with van der Waals surface area (Å²) in [7, 11) is 0. The summed E-state index contributed by atoms with van der Waals surface area (Å²) in [6, 6.07) is 10.4. The highest BCUT2D eigenvalue weighted by Gasteiger charge is 2.29. The first kappa shape index (κ1) is 10.2. The number of hydrogen-bond acceptors (Lipinski definition) is 2. The average molecular weight is 270 g/mol. The van der Waals surface area contributed by atoms with Crippen molar-refractivity contribution < 1.29 is 0 Å². The molecule has 0 N–H and O–H groups in total. The van der Waals surface area contributed by atoms with Gasteiger partial charge in [-0.2, -0.15) is 0 Å². The summed E-state index contributed by atoms with van der Waals surface area (Å²) >= 11 is 5.36. The number of nitrogens with zero attached hydrogens (tertiary/aromatic N) is 1. The quantitative estimate of drug-likeness (QED) is 0.751. The predicted molar refractivity (Wildman–Crippen MR) is 67.6 cm³/mol. The van der Waals surface area contributed by atoms with Crippen LogP contribution in [-0.2, 0) is 0 Å². The number of rotatable bonds is 2. The zero-order valence-corrected chi connectivity index (χ0v) is 10.4. The Morgan fingerprint density at radius 3 is 2.71 bits per heavy atom. The maximum atomic E-state index is 4.74. The van der Waals surface area contributed by atoms with Crippen molar-refractivity contribution in [2.45, 2.75) is 12.5 Å². The van der Waals surface area contributed by atoms with Gasteiger partial charge in [0.1, 0.15) is 0 Å². The van der Waals surface area contributed by atoms with Crippen LogP contribution < -0.4 is 0 Å². The van der Waals surface area contributed by atoms with Crippen molar-refractivity contribution in [1.82, 2.24) is 0 Å². The lowest BCUT2D eigenvalue weighted by Crippen LogP contribution is -2.23. The Bertz CT molecular complexity index is 350. The molecule has 1 nitrogen and oxygen atoms in total. The summed E-state index contributed by atoms with van der Waals surface area (Å²) < 4.78 is 0. The lowest BCUT2D eigenvalue weighted by molar-refractivity contribution is 0.621. The second-order valence-electron chi connectivity index (χ2n) is 3.70. The summed E-state index contributed by atoms with van der Waals surface area (Å²) in [5, 5.41) is 2.11. The molecule has 0 spiro atoms. The summed E-state index contributed by atoms with van der Waals surface area (Å²) in [6.45, 7) is 2.19. The maximum Gasteiger partial charge on any atom is 0.0985 e. The Balaban J connectivity index is 2.27. The number of halogens is 1. The van der Waals surface area contributed by atoms with E-state index in [1.807, 2.05) is 17.8 Å². The Kier molecular flexibility index (Phi) is 2.98. The highest BCUT2D eigenvalue weighted by molar-refractivity contribution is 9.09. The van der Waals surface area contributed by atoms with E-state index in [-0.39, 0.29) is 5.54 Å². The van der Waals surface area contributed by atoms with E-state index in [0.717, 1.165) is 11.1 Å². The molecule has 0 saturated heterocycles. The van der Waals surface area contributed by atoms with Gasteiger partial charge in [-0.05, 0) is 6.92 Å². The smallest absolute Gasteiger partial charge is 0.0985 e. The fourth-order valence-corrected chi connectivity index (χ4v) is 3.12. The third-order valence-electron chi connectivity index (χ3n) is 2.20. The minimum atomic E-state index is 0.0792. The van der Waals surface area contributed by atoms with Crippen LogP contribution in [0.3, 0.4) is 0 Å². The van der Waals surface area contributed by atoms with Gasteiger partial charge in [0.2, 0.25) is 0 Å². The molecule has 14 heavy (non-hydrogen) atoms. The first-order valence-corrected chi connectivity index (χ1v) is 6.68. The van der Waals surface area contributed by atoms with Crippen molar-refractivity contribution in [3.63, 3.8) is 0 Å². The molecule has 0 saturated carbocycles. The fraction of sp³-hybridized carbons (Fsp3) is 0.364. The van der Waals surface area contributed by atoms with Gasteiger partial charge in [0.05, 0.1) is 10.6 Å². The predicted octanol–water partition coefficient (Wildman–Crippen LogP) is 3.33. The largest absolute Gasteiger partial charge is 0.270 e. The van der Waals surface area contributed by atoms with Crippen LogP contribution in [-0.4, -0.2) is 21.7 Å². The van der Waals surface area contributed by atoms with Crippen LogP contribution in [0.5, 0.6) is 0 Å². The van der Waals surface area contributed by atoms with Gasteiger partial charge < -0.3 is 0 Å². The average Bonchev–Trinajstić information content (AvgIpc) is 2.63. The molecule has 1 atom stereocenters. The van der Waals surface area contributed by atoms with Crippen molar-refractivity contribution in [2.24, 2.45) is 4.99 Å². The van der Waals surface area contributed by atoms with Crippen molar-refractivity contribution in [3.8, 4) is 0 Å². The van der Waals surface area contributed by atoms with Crippen molar-refractivity contribution in [3.05, 3.63) is 35.9 Å². The molecule has 3 heteroatoms. The zero-order chi connectivity index (χ0) is 10.0. The van der Waals surface area contributed by atoms with Crippen LogP contribution in [0.15, 0.2) is 35.3 Å². The van der Waals surface area contributed by atoms with E-state index >= 15 is 0 Å². The molecule has 0 amide bonds. The van der Waals surface area contributed by atoms with Crippen molar-refractivity contribution >= 4 is 32.7 Å². The Morgan fingerprint density at radius 1 is 1.43 bits per heavy atom. The lowest BCUT2D eigenvalue weighted by atomic mass is 10.1. The van der Waals surface area contributed by atoms with E-state index in [0.29, 0.717) is 0 Å². The molecular formula is C11H12BrNS. The third-order valence-corrected chi connectivity index (χ3v) is 4.77. The molecule has 1 aromatic rings. The summed E-state index contributed by atoms with van der Waals surface area (Å²) in [4.78, 5) is 4.74. The first-order chi connectivity index (χ1) is 6.73. The van der Waals surface area contributed by atoms with Crippen molar-refractivity contribution in [2.75, 3.05) is 11.1 Å². The standard InChI is InChI=1S/C11H12BrNS/c1-11(7-12)8-14-10(13-11)9-5-3-2-4-6-9/h2-6H,7-8H2,1H3. The van der Waals surface area contributed by atoms with E-state index in [4.69, 9.17) is 4.99 Å². The van der Waals surface area contributed by atoms with Crippen LogP contribution >= 0.6 is 27.7 Å². The monoisotopic (exact) mass is 269 g/mol. The topological polar surface area (TPSA) is 12.4 Å². The SMILES string of the molecule is CC1(CBr)CSC(c2ccccc2)=N1.